The number of carbonyl (C=O) groups is 1. The van der Waals surface area contributed by atoms with Gasteiger partial charge in [-0.05, 0) is 67.4 Å². The third-order valence-corrected chi connectivity index (χ3v) is 6.63. The summed E-state index contributed by atoms with van der Waals surface area (Å²) in [5.41, 5.74) is 2.65. The first-order valence-electron chi connectivity index (χ1n) is 9.50. The Kier molecular flexibility index (Phi) is 6.87. The summed E-state index contributed by atoms with van der Waals surface area (Å²) in [4.78, 5) is 12.9. The molecule has 0 heterocycles. The van der Waals surface area contributed by atoms with Gasteiger partial charge >= 0.3 is 0 Å². The number of nitrogens with one attached hydrogen (secondary N) is 1. The van der Waals surface area contributed by atoms with Crippen molar-refractivity contribution in [2.24, 2.45) is 0 Å². The van der Waals surface area contributed by atoms with E-state index in [1.165, 1.54) is 19.2 Å². The Balaban J connectivity index is 1.95. The molecular formula is C23H23ClN2O4S. The molecule has 0 radical (unpaired) electrons. The minimum atomic E-state index is -3.97. The first-order valence-corrected chi connectivity index (χ1v) is 11.3. The molecule has 0 aliphatic heterocycles. The standard InChI is InChI=1S/C23H23ClN2O4S/c1-16-11-17(2)13-19(12-16)26(31(28,29)20-7-5-4-6-8-20)15-23(27)25-18-9-10-22(30-3)21(24)14-18/h4-14H,15H2,1-3H3,(H,25,27). The van der Waals surface area contributed by atoms with E-state index in [0.717, 1.165) is 15.4 Å². The number of benzene rings is 3. The molecule has 0 saturated heterocycles. The van der Waals surface area contributed by atoms with E-state index < -0.39 is 22.5 Å². The maximum absolute atomic E-state index is 13.4. The molecule has 0 aliphatic carbocycles. The second-order valence-corrected chi connectivity index (χ2v) is 9.34. The van der Waals surface area contributed by atoms with Crippen LogP contribution in [0.15, 0.2) is 71.6 Å². The Hall–Kier alpha value is -3.03. The van der Waals surface area contributed by atoms with Crippen molar-refractivity contribution in [1.29, 1.82) is 0 Å². The van der Waals surface area contributed by atoms with Gasteiger partial charge in [0.1, 0.15) is 12.3 Å². The van der Waals surface area contributed by atoms with Gasteiger partial charge in [0.05, 0.1) is 22.7 Å². The van der Waals surface area contributed by atoms with Crippen LogP contribution in [0.25, 0.3) is 0 Å². The molecule has 162 valence electrons. The maximum atomic E-state index is 13.4. The molecule has 0 saturated carbocycles. The summed E-state index contributed by atoms with van der Waals surface area (Å²) < 4.78 is 33.0. The summed E-state index contributed by atoms with van der Waals surface area (Å²) in [6.45, 7) is 3.36. The molecule has 8 heteroatoms. The first-order chi connectivity index (χ1) is 14.7. The van der Waals surface area contributed by atoms with E-state index in [9.17, 15) is 13.2 Å². The Morgan fingerprint density at radius 3 is 2.23 bits per heavy atom. The largest absolute Gasteiger partial charge is 0.495 e. The minimum Gasteiger partial charge on any atom is -0.495 e. The van der Waals surface area contributed by atoms with Crippen LogP contribution in [0.3, 0.4) is 0 Å². The lowest BCUT2D eigenvalue weighted by Gasteiger charge is -2.25. The smallest absolute Gasteiger partial charge is 0.264 e. The molecule has 31 heavy (non-hydrogen) atoms. The lowest BCUT2D eigenvalue weighted by Crippen LogP contribution is -2.38. The fraction of sp³-hybridized carbons (Fsp3) is 0.174. The van der Waals surface area contributed by atoms with Crippen LogP contribution in [-0.2, 0) is 14.8 Å². The third-order valence-electron chi connectivity index (χ3n) is 4.55. The highest BCUT2D eigenvalue weighted by molar-refractivity contribution is 7.92. The number of ether oxygens (including phenoxy) is 1. The van der Waals surface area contributed by atoms with Crippen molar-refractivity contribution < 1.29 is 17.9 Å². The highest BCUT2D eigenvalue weighted by atomic mass is 35.5. The number of carbonyl (C=O) groups excluding carboxylic acids is 1. The Labute approximate surface area is 187 Å². The van der Waals surface area contributed by atoms with Gasteiger partial charge < -0.3 is 10.1 Å². The molecule has 6 nitrogen and oxygen atoms in total. The average molecular weight is 459 g/mol. The lowest BCUT2D eigenvalue weighted by atomic mass is 10.1. The number of hydrogen-bond acceptors (Lipinski definition) is 4. The molecule has 0 spiro atoms. The van der Waals surface area contributed by atoms with E-state index in [1.54, 1.807) is 48.5 Å². The zero-order valence-corrected chi connectivity index (χ0v) is 19.0. The van der Waals surface area contributed by atoms with Crippen LogP contribution in [0.4, 0.5) is 11.4 Å². The average Bonchev–Trinajstić information content (AvgIpc) is 2.72. The second kappa shape index (κ2) is 9.41. The minimum absolute atomic E-state index is 0.106. The first kappa shape index (κ1) is 22.7. The van der Waals surface area contributed by atoms with Crippen molar-refractivity contribution in [3.8, 4) is 5.75 Å². The van der Waals surface area contributed by atoms with Crippen molar-refractivity contribution in [3.05, 3.63) is 82.9 Å². The zero-order valence-electron chi connectivity index (χ0n) is 17.4. The van der Waals surface area contributed by atoms with E-state index in [-0.39, 0.29) is 4.90 Å². The number of nitrogens with zero attached hydrogens (tertiary/aromatic N) is 1. The number of aryl methyl sites for hydroxylation is 2. The van der Waals surface area contributed by atoms with Crippen LogP contribution in [0, 0.1) is 13.8 Å². The van der Waals surface area contributed by atoms with E-state index in [2.05, 4.69) is 5.32 Å². The van der Waals surface area contributed by atoms with Gasteiger partial charge in [-0.1, -0.05) is 35.9 Å². The van der Waals surface area contributed by atoms with Crippen molar-refractivity contribution in [3.63, 3.8) is 0 Å². The van der Waals surface area contributed by atoms with Crippen LogP contribution < -0.4 is 14.4 Å². The van der Waals surface area contributed by atoms with Crippen LogP contribution >= 0.6 is 11.6 Å². The molecular weight excluding hydrogens is 436 g/mol. The normalized spacial score (nSPS) is 11.1. The summed E-state index contributed by atoms with van der Waals surface area (Å²) in [6.07, 6.45) is 0. The van der Waals surface area contributed by atoms with Gasteiger partial charge in [-0.2, -0.15) is 0 Å². The molecule has 0 bridgehead atoms. The van der Waals surface area contributed by atoms with Crippen LogP contribution in [0.5, 0.6) is 5.75 Å². The van der Waals surface area contributed by atoms with Gasteiger partial charge in [0, 0.05) is 5.69 Å². The SMILES string of the molecule is COc1ccc(NC(=O)CN(c2cc(C)cc(C)c2)S(=O)(=O)c2ccccc2)cc1Cl. The summed E-state index contributed by atoms with van der Waals surface area (Å²) >= 11 is 6.12. The molecule has 3 aromatic rings. The summed E-state index contributed by atoms with van der Waals surface area (Å²) in [7, 11) is -2.47. The quantitative estimate of drug-likeness (QED) is 0.551. The predicted molar refractivity (Wildman–Crippen MR) is 124 cm³/mol. The Morgan fingerprint density at radius 2 is 1.65 bits per heavy atom. The number of hydrogen-bond donors (Lipinski definition) is 1. The lowest BCUT2D eigenvalue weighted by molar-refractivity contribution is -0.114. The van der Waals surface area contributed by atoms with E-state index in [4.69, 9.17) is 16.3 Å². The monoisotopic (exact) mass is 458 g/mol. The summed E-state index contributed by atoms with van der Waals surface area (Å²) in [6, 6.07) is 18.3. The van der Waals surface area contributed by atoms with Crippen molar-refractivity contribution in [2.45, 2.75) is 18.7 Å². The molecule has 0 fully saturated rings. The number of halogens is 1. The van der Waals surface area contributed by atoms with E-state index in [0.29, 0.717) is 22.1 Å². The fourth-order valence-corrected chi connectivity index (χ4v) is 4.89. The van der Waals surface area contributed by atoms with Gasteiger partial charge in [-0.3, -0.25) is 9.10 Å². The predicted octanol–water partition coefficient (Wildman–Crippen LogP) is 4.80. The van der Waals surface area contributed by atoms with Gasteiger partial charge in [-0.25, -0.2) is 8.42 Å². The second-order valence-electron chi connectivity index (χ2n) is 7.07. The molecule has 1 N–H and O–H groups in total. The van der Waals surface area contributed by atoms with Crippen LogP contribution in [-0.4, -0.2) is 28.0 Å². The van der Waals surface area contributed by atoms with Crippen molar-refractivity contribution in [2.75, 3.05) is 23.3 Å². The molecule has 0 aliphatic rings. The fourth-order valence-electron chi connectivity index (χ4n) is 3.20. The highest BCUT2D eigenvalue weighted by Crippen LogP contribution is 2.28. The van der Waals surface area contributed by atoms with Crippen LogP contribution in [0.2, 0.25) is 5.02 Å². The highest BCUT2D eigenvalue weighted by Gasteiger charge is 2.27. The number of methoxy groups -OCH3 is 1. The topological polar surface area (TPSA) is 75.7 Å². The van der Waals surface area contributed by atoms with Crippen molar-refractivity contribution >= 4 is 38.9 Å². The van der Waals surface area contributed by atoms with Gasteiger partial charge in [0.25, 0.3) is 10.0 Å². The molecule has 1 amide bonds. The molecule has 0 unspecified atom stereocenters. The Morgan fingerprint density at radius 1 is 1.00 bits per heavy atom. The zero-order chi connectivity index (χ0) is 22.6. The Bertz CT molecular complexity index is 1180. The van der Waals surface area contributed by atoms with Gasteiger partial charge in [0.15, 0.2) is 0 Å². The van der Waals surface area contributed by atoms with E-state index >= 15 is 0 Å². The molecule has 0 aromatic heterocycles. The van der Waals surface area contributed by atoms with Crippen LogP contribution in [0.1, 0.15) is 11.1 Å². The van der Waals surface area contributed by atoms with E-state index in [1.807, 2.05) is 19.9 Å². The number of amides is 1. The molecule has 3 aromatic carbocycles. The summed E-state index contributed by atoms with van der Waals surface area (Å²) in [5, 5.41) is 3.04. The van der Waals surface area contributed by atoms with Gasteiger partial charge in [0.2, 0.25) is 5.91 Å². The maximum Gasteiger partial charge on any atom is 0.264 e. The molecule has 0 atom stereocenters. The number of sulfonamides is 1. The number of anilines is 2. The molecule has 3 rings (SSSR count). The summed E-state index contributed by atoms with van der Waals surface area (Å²) in [5.74, 6) is -0.0249. The van der Waals surface area contributed by atoms with Crippen molar-refractivity contribution in [1.82, 2.24) is 0 Å². The number of rotatable bonds is 7. The van der Waals surface area contributed by atoms with Gasteiger partial charge in [-0.15, -0.1) is 0 Å². The third kappa shape index (κ3) is 5.37.